The van der Waals surface area contributed by atoms with Crippen LogP contribution >= 0.6 is 0 Å². The number of para-hydroxylation sites is 2. The first-order chi connectivity index (χ1) is 16.1. The van der Waals surface area contributed by atoms with E-state index in [-0.39, 0.29) is 18.1 Å². The fourth-order valence-corrected chi connectivity index (χ4v) is 5.23. The van der Waals surface area contributed by atoms with Gasteiger partial charge in [-0.1, -0.05) is 12.1 Å². The van der Waals surface area contributed by atoms with Gasteiger partial charge in [0.05, 0.1) is 38.7 Å². The van der Waals surface area contributed by atoms with Crippen LogP contribution in [0.5, 0.6) is 17.2 Å². The number of fused-ring (bicyclic) bond motifs is 3. The van der Waals surface area contributed by atoms with Crippen molar-refractivity contribution in [1.82, 2.24) is 9.47 Å². The fraction of sp³-hybridized carbons (Fsp3) is 0.346. The summed E-state index contributed by atoms with van der Waals surface area (Å²) >= 11 is 0. The molecular weight excluding hydrogens is 418 g/mol. The maximum atomic E-state index is 12.7. The van der Waals surface area contributed by atoms with E-state index in [0.717, 1.165) is 35.6 Å². The quantitative estimate of drug-likeness (QED) is 0.561. The molecule has 2 aliphatic rings. The van der Waals surface area contributed by atoms with Crippen LogP contribution in [0.3, 0.4) is 0 Å². The molecule has 0 radical (unpaired) electrons. The molecule has 3 aromatic rings. The summed E-state index contributed by atoms with van der Waals surface area (Å²) in [7, 11) is 4.86. The summed E-state index contributed by atoms with van der Waals surface area (Å²) in [4.78, 5) is 17.1. The number of hydrogen-bond donors (Lipinski definition) is 0. The molecule has 1 aromatic heterocycles. The maximum absolute atomic E-state index is 12.7. The summed E-state index contributed by atoms with van der Waals surface area (Å²) < 4.78 is 19.1. The Morgan fingerprint density at radius 3 is 2.24 bits per heavy atom. The normalized spacial score (nSPS) is 18.1. The molecule has 1 saturated heterocycles. The Morgan fingerprint density at radius 1 is 0.939 bits per heavy atom. The number of anilines is 1. The van der Waals surface area contributed by atoms with Gasteiger partial charge in [-0.05, 0) is 55.3 Å². The Labute approximate surface area is 194 Å². The topological polar surface area (TPSA) is 56.2 Å². The monoisotopic (exact) mass is 447 g/mol. The van der Waals surface area contributed by atoms with Crippen LogP contribution in [0, 0.1) is 0 Å². The lowest BCUT2D eigenvalue weighted by molar-refractivity contribution is -0.129. The molecule has 0 N–H and O–H groups in total. The number of benzene rings is 2. The van der Waals surface area contributed by atoms with Gasteiger partial charge in [-0.3, -0.25) is 4.79 Å². The van der Waals surface area contributed by atoms with E-state index in [4.69, 9.17) is 14.2 Å². The molecule has 0 aliphatic carbocycles. The largest absolute Gasteiger partial charge is 0.493 e. The van der Waals surface area contributed by atoms with Gasteiger partial charge in [-0.15, -0.1) is 0 Å². The van der Waals surface area contributed by atoms with E-state index in [9.17, 15) is 4.79 Å². The van der Waals surface area contributed by atoms with E-state index in [1.807, 2.05) is 29.2 Å². The third-order valence-corrected chi connectivity index (χ3v) is 6.72. The first-order valence-corrected chi connectivity index (χ1v) is 11.2. The Hall–Kier alpha value is -3.61. The van der Waals surface area contributed by atoms with Crippen molar-refractivity contribution in [3.63, 3.8) is 0 Å². The number of likely N-dealkylation sites (tertiary alicyclic amines) is 1. The molecule has 2 unspecified atom stereocenters. The zero-order valence-corrected chi connectivity index (χ0v) is 19.4. The second-order valence-corrected chi connectivity index (χ2v) is 8.38. The van der Waals surface area contributed by atoms with Crippen LogP contribution in [0.4, 0.5) is 5.69 Å². The molecule has 5 rings (SSSR count). The molecule has 0 saturated carbocycles. The van der Waals surface area contributed by atoms with Gasteiger partial charge >= 0.3 is 0 Å². The minimum atomic E-state index is -0.160. The third-order valence-electron chi connectivity index (χ3n) is 6.72. The SMILES string of the molecule is COc1cc(C2c3cccn3-c3ccccc3N2C(C)N2CCCC2=O)cc(OC)c1OC. The van der Waals surface area contributed by atoms with Gasteiger partial charge in [0.1, 0.15) is 6.17 Å². The first kappa shape index (κ1) is 21.2. The highest BCUT2D eigenvalue weighted by atomic mass is 16.5. The lowest BCUT2D eigenvalue weighted by Crippen LogP contribution is -2.51. The second-order valence-electron chi connectivity index (χ2n) is 8.38. The molecule has 0 bridgehead atoms. The number of amides is 1. The van der Waals surface area contributed by atoms with Crippen molar-refractivity contribution in [3.05, 3.63) is 66.0 Å². The Balaban J connectivity index is 1.73. The van der Waals surface area contributed by atoms with Gasteiger partial charge in [0, 0.05) is 24.9 Å². The van der Waals surface area contributed by atoms with Crippen molar-refractivity contribution in [2.75, 3.05) is 32.8 Å². The van der Waals surface area contributed by atoms with Crippen LogP contribution in [0.1, 0.15) is 37.1 Å². The van der Waals surface area contributed by atoms with Crippen LogP contribution in [-0.2, 0) is 4.79 Å². The van der Waals surface area contributed by atoms with Gasteiger partial charge in [-0.2, -0.15) is 0 Å². The number of nitrogens with zero attached hydrogens (tertiary/aromatic N) is 3. The molecule has 7 heteroatoms. The van der Waals surface area contributed by atoms with E-state index in [1.165, 1.54) is 0 Å². The Kier molecular flexibility index (Phi) is 5.40. The molecule has 33 heavy (non-hydrogen) atoms. The molecular formula is C26H29N3O4. The minimum absolute atomic E-state index is 0.131. The standard InChI is InChI=1S/C26H29N3O4/c1-17(27-13-8-12-24(27)30)29-20-10-6-5-9-19(20)28-14-7-11-21(28)25(29)18-15-22(31-2)26(33-4)23(16-18)32-3/h5-7,9-11,14-17,25H,8,12-13H2,1-4H3. The molecule has 2 aromatic carbocycles. The number of aromatic nitrogens is 1. The van der Waals surface area contributed by atoms with Gasteiger partial charge in [0.25, 0.3) is 0 Å². The van der Waals surface area contributed by atoms with Crippen LogP contribution in [0.2, 0.25) is 0 Å². The van der Waals surface area contributed by atoms with Gasteiger partial charge in [0.2, 0.25) is 11.7 Å². The summed E-state index contributed by atoms with van der Waals surface area (Å²) in [5, 5.41) is 0. The van der Waals surface area contributed by atoms with Gasteiger partial charge < -0.3 is 28.6 Å². The molecule has 1 fully saturated rings. The Morgan fingerprint density at radius 2 is 1.64 bits per heavy atom. The summed E-state index contributed by atoms with van der Waals surface area (Å²) in [6, 6.07) is 16.4. The molecule has 172 valence electrons. The first-order valence-electron chi connectivity index (χ1n) is 11.2. The number of ether oxygens (including phenoxy) is 3. The number of rotatable bonds is 6. The number of carbonyl (C=O) groups excluding carboxylic acids is 1. The number of methoxy groups -OCH3 is 3. The minimum Gasteiger partial charge on any atom is -0.493 e. The molecule has 1 amide bonds. The zero-order chi connectivity index (χ0) is 23.1. The van der Waals surface area contributed by atoms with E-state index in [0.29, 0.717) is 23.7 Å². The van der Waals surface area contributed by atoms with E-state index in [1.54, 1.807) is 21.3 Å². The van der Waals surface area contributed by atoms with E-state index >= 15 is 0 Å². The van der Waals surface area contributed by atoms with Gasteiger partial charge in [0.15, 0.2) is 11.5 Å². The summed E-state index contributed by atoms with van der Waals surface area (Å²) in [5.74, 6) is 1.97. The van der Waals surface area contributed by atoms with E-state index < -0.39 is 0 Å². The van der Waals surface area contributed by atoms with Crippen molar-refractivity contribution >= 4 is 11.6 Å². The van der Waals surface area contributed by atoms with Crippen molar-refractivity contribution in [2.24, 2.45) is 0 Å². The average molecular weight is 448 g/mol. The highest BCUT2D eigenvalue weighted by Gasteiger charge is 2.39. The van der Waals surface area contributed by atoms with Crippen LogP contribution < -0.4 is 19.1 Å². The second kappa shape index (κ2) is 8.39. The zero-order valence-electron chi connectivity index (χ0n) is 19.4. The van der Waals surface area contributed by atoms with Crippen molar-refractivity contribution in [3.8, 4) is 22.9 Å². The van der Waals surface area contributed by atoms with Crippen LogP contribution in [0.25, 0.3) is 5.69 Å². The third kappa shape index (κ3) is 3.30. The predicted molar refractivity (Wildman–Crippen MR) is 127 cm³/mol. The van der Waals surface area contributed by atoms with Crippen molar-refractivity contribution in [2.45, 2.75) is 32.0 Å². The highest BCUT2D eigenvalue weighted by molar-refractivity contribution is 5.79. The molecule has 3 heterocycles. The van der Waals surface area contributed by atoms with Crippen molar-refractivity contribution < 1.29 is 19.0 Å². The summed E-state index contributed by atoms with van der Waals surface area (Å²) in [5.41, 5.74) is 4.28. The predicted octanol–water partition coefficient (Wildman–Crippen LogP) is 4.38. The summed E-state index contributed by atoms with van der Waals surface area (Å²) in [6.45, 7) is 2.88. The van der Waals surface area contributed by atoms with Crippen LogP contribution in [-0.4, -0.2) is 49.4 Å². The fourth-order valence-electron chi connectivity index (χ4n) is 5.23. The molecule has 2 atom stereocenters. The molecule has 2 aliphatic heterocycles. The smallest absolute Gasteiger partial charge is 0.224 e. The average Bonchev–Trinajstić information content (AvgIpc) is 3.51. The van der Waals surface area contributed by atoms with Crippen molar-refractivity contribution in [1.29, 1.82) is 0 Å². The lowest BCUT2D eigenvalue weighted by atomic mass is 9.96. The van der Waals surface area contributed by atoms with Crippen LogP contribution in [0.15, 0.2) is 54.7 Å². The Bertz CT molecular complexity index is 1160. The maximum Gasteiger partial charge on any atom is 0.224 e. The number of carbonyl (C=O) groups is 1. The highest BCUT2D eigenvalue weighted by Crippen LogP contribution is 2.47. The lowest BCUT2D eigenvalue weighted by Gasteiger charge is -2.46. The summed E-state index contributed by atoms with van der Waals surface area (Å²) in [6.07, 6.45) is 3.45. The number of hydrogen-bond acceptors (Lipinski definition) is 5. The van der Waals surface area contributed by atoms with E-state index in [2.05, 4.69) is 46.9 Å². The van der Waals surface area contributed by atoms with Gasteiger partial charge in [-0.25, -0.2) is 0 Å². The molecule has 7 nitrogen and oxygen atoms in total. The molecule has 0 spiro atoms.